The quantitative estimate of drug-likeness (QED) is 0.898. The van der Waals surface area contributed by atoms with E-state index in [1.54, 1.807) is 0 Å². The van der Waals surface area contributed by atoms with E-state index < -0.39 is 12.7 Å². The van der Waals surface area contributed by atoms with E-state index in [0.717, 1.165) is 22.4 Å². The van der Waals surface area contributed by atoms with Gasteiger partial charge in [-0.15, -0.1) is 0 Å². The van der Waals surface area contributed by atoms with E-state index in [9.17, 15) is 4.39 Å². The number of halogens is 1. The van der Waals surface area contributed by atoms with Crippen molar-refractivity contribution in [2.24, 2.45) is 5.73 Å². The average molecular weight is 244 g/mol. The van der Waals surface area contributed by atoms with Gasteiger partial charge in [0.1, 0.15) is 6.67 Å². The Morgan fingerprint density at radius 1 is 1.11 bits per heavy atom. The molecule has 94 valence electrons. The van der Waals surface area contributed by atoms with Crippen molar-refractivity contribution in [1.82, 2.24) is 4.98 Å². The SMILES string of the molecule is Cc1ccc(-c2ccc(CC(N)CF)cc2)cn1. The molecular formula is C15H17FN2. The van der Waals surface area contributed by atoms with Crippen molar-refractivity contribution in [2.45, 2.75) is 19.4 Å². The van der Waals surface area contributed by atoms with Gasteiger partial charge in [0.25, 0.3) is 0 Å². The van der Waals surface area contributed by atoms with Crippen LogP contribution < -0.4 is 5.73 Å². The second-order valence-corrected chi connectivity index (χ2v) is 4.50. The molecule has 0 bridgehead atoms. The van der Waals surface area contributed by atoms with E-state index in [0.29, 0.717) is 6.42 Å². The molecule has 1 atom stereocenters. The van der Waals surface area contributed by atoms with Crippen LogP contribution in [-0.2, 0) is 6.42 Å². The largest absolute Gasteiger partial charge is 0.325 e. The Kier molecular flexibility index (Phi) is 4.05. The summed E-state index contributed by atoms with van der Waals surface area (Å²) in [4.78, 5) is 4.27. The van der Waals surface area contributed by atoms with E-state index in [2.05, 4.69) is 4.98 Å². The maximum atomic E-state index is 12.3. The normalized spacial score (nSPS) is 12.4. The predicted octanol–water partition coefficient (Wildman–Crippen LogP) is 2.90. The first-order chi connectivity index (χ1) is 8.69. The van der Waals surface area contributed by atoms with E-state index in [-0.39, 0.29) is 0 Å². The van der Waals surface area contributed by atoms with Gasteiger partial charge < -0.3 is 5.73 Å². The fourth-order valence-electron chi connectivity index (χ4n) is 1.83. The summed E-state index contributed by atoms with van der Waals surface area (Å²) in [6.07, 6.45) is 2.43. The molecule has 2 nitrogen and oxygen atoms in total. The van der Waals surface area contributed by atoms with Crippen molar-refractivity contribution in [3.8, 4) is 11.1 Å². The predicted molar refractivity (Wildman–Crippen MR) is 72.1 cm³/mol. The van der Waals surface area contributed by atoms with Gasteiger partial charge >= 0.3 is 0 Å². The lowest BCUT2D eigenvalue weighted by atomic mass is 10.0. The molecule has 2 N–H and O–H groups in total. The summed E-state index contributed by atoms with van der Waals surface area (Å²) >= 11 is 0. The van der Waals surface area contributed by atoms with Crippen LogP contribution in [0.1, 0.15) is 11.3 Å². The number of hydrogen-bond donors (Lipinski definition) is 1. The summed E-state index contributed by atoms with van der Waals surface area (Å²) in [6, 6.07) is 11.7. The zero-order valence-electron chi connectivity index (χ0n) is 10.4. The monoisotopic (exact) mass is 244 g/mol. The summed E-state index contributed by atoms with van der Waals surface area (Å²) in [5, 5.41) is 0. The smallest absolute Gasteiger partial charge is 0.105 e. The molecule has 0 aliphatic rings. The number of aromatic nitrogens is 1. The fraction of sp³-hybridized carbons (Fsp3) is 0.267. The van der Waals surface area contributed by atoms with Gasteiger partial charge in [-0.2, -0.15) is 0 Å². The minimum atomic E-state index is -0.483. The lowest BCUT2D eigenvalue weighted by molar-refractivity contribution is 0.427. The minimum absolute atomic E-state index is 0.406. The van der Waals surface area contributed by atoms with Gasteiger partial charge in [0.05, 0.1) is 0 Å². The Labute approximate surface area is 107 Å². The molecule has 0 fully saturated rings. The van der Waals surface area contributed by atoms with Gasteiger partial charge in [0.2, 0.25) is 0 Å². The Bertz CT molecular complexity index is 491. The average Bonchev–Trinajstić information content (AvgIpc) is 2.40. The highest BCUT2D eigenvalue weighted by molar-refractivity contribution is 5.62. The molecule has 3 heteroatoms. The molecule has 0 radical (unpaired) electrons. The lowest BCUT2D eigenvalue weighted by Gasteiger charge is -2.08. The minimum Gasteiger partial charge on any atom is -0.325 e. The maximum Gasteiger partial charge on any atom is 0.105 e. The number of pyridine rings is 1. The number of aryl methyl sites for hydroxylation is 1. The summed E-state index contributed by atoms with van der Waals surface area (Å²) in [7, 11) is 0. The summed E-state index contributed by atoms with van der Waals surface area (Å²) < 4.78 is 12.3. The third-order valence-corrected chi connectivity index (χ3v) is 2.89. The molecule has 0 saturated carbocycles. The van der Waals surface area contributed by atoms with E-state index >= 15 is 0 Å². The zero-order valence-corrected chi connectivity index (χ0v) is 10.4. The fourth-order valence-corrected chi connectivity index (χ4v) is 1.83. The second kappa shape index (κ2) is 5.74. The Morgan fingerprint density at radius 2 is 1.78 bits per heavy atom. The molecule has 2 rings (SSSR count). The molecule has 18 heavy (non-hydrogen) atoms. The van der Waals surface area contributed by atoms with Gasteiger partial charge in [-0.25, -0.2) is 4.39 Å². The second-order valence-electron chi connectivity index (χ2n) is 4.50. The first-order valence-corrected chi connectivity index (χ1v) is 6.02. The summed E-state index contributed by atoms with van der Waals surface area (Å²) in [5.41, 5.74) is 9.85. The highest BCUT2D eigenvalue weighted by atomic mass is 19.1. The van der Waals surface area contributed by atoms with Gasteiger partial charge in [0, 0.05) is 23.5 Å². The topological polar surface area (TPSA) is 38.9 Å². The lowest BCUT2D eigenvalue weighted by Crippen LogP contribution is -2.24. The van der Waals surface area contributed by atoms with Crippen LogP contribution in [0.25, 0.3) is 11.1 Å². The Hall–Kier alpha value is -1.74. The molecule has 1 unspecified atom stereocenters. The third-order valence-electron chi connectivity index (χ3n) is 2.89. The standard InChI is InChI=1S/C15H17FN2/c1-11-2-5-14(10-18-11)13-6-3-12(4-7-13)8-15(17)9-16/h2-7,10,15H,8-9,17H2,1H3. The number of rotatable bonds is 4. The van der Waals surface area contributed by atoms with Crippen molar-refractivity contribution >= 4 is 0 Å². The molecule has 0 amide bonds. The highest BCUT2D eigenvalue weighted by Crippen LogP contribution is 2.19. The van der Waals surface area contributed by atoms with Crippen LogP contribution >= 0.6 is 0 Å². The summed E-state index contributed by atoms with van der Waals surface area (Å²) in [5.74, 6) is 0. The van der Waals surface area contributed by atoms with Crippen LogP contribution in [0, 0.1) is 6.92 Å². The van der Waals surface area contributed by atoms with Gasteiger partial charge in [-0.3, -0.25) is 4.98 Å². The van der Waals surface area contributed by atoms with Crippen LogP contribution in [0.2, 0.25) is 0 Å². The number of hydrogen-bond acceptors (Lipinski definition) is 2. The van der Waals surface area contributed by atoms with E-state index in [1.165, 1.54) is 0 Å². The van der Waals surface area contributed by atoms with Gasteiger partial charge in [0.15, 0.2) is 0 Å². The van der Waals surface area contributed by atoms with Crippen LogP contribution in [0.15, 0.2) is 42.6 Å². The van der Waals surface area contributed by atoms with Gasteiger partial charge in [-0.05, 0) is 30.5 Å². The van der Waals surface area contributed by atoms with Crippen molar-refractivity contribution in [1.29, 1.82) is 0 Å². The number of nitrogens with zero attached hydrogens (tertiary/aromatic N) is 1. The molecule has 0 aliphatic heterocycles. The number of nitrogens with two attached hydrogens (primary N) is 1. The van der Waals surface area contributed by atoms with Gasteiger partial charge in [-0.1, -0.05) is 30.3 Å². The van der Waals surface area contributed by atoms with Crippen molar-refractivity contribution in [3.05, 3.63) is 53.9 Å². The van der Waals surface area contributed by atoms with Crippen LogP contribution in [0.4, 0.5) is 4.39 Å². The molecule has 0 aliphatic carbocycles. The van der Waals surface area contributed by atoms with Crippen molar-refractivity contribution < 1.29 is 4.39 Å². The van der Waals surface area contributed by atoms with Crippen LogP contribution in [0.3, 0.4) is 0 Å². The molecule has 2 aromatic rings. The molecule has 1 heterocycles. The molecule has 0 spiro atoms. The number of alkyl halides is 1. The Morgan fingerprint density at radius 3 is 2.33 bits per heavy atom. The third kappa shape index (κ3) is 3.14. The van der Waals surface area contributed by atoms with E-state index in [4.69, 9.17) is 5.73 Å². The van der Waals surface area contributed by atoms with Crippen LogP contribution in [-0.4, -0.2) is 17.7 Å². The summed E-state index contributed by atoms with van der Waals surface area (Å²) in [6.45, 7) is 1.48. The molecular weight excluding hydrogens is 227 g/mol. The molecule has 1 aromatic carbocycles. The van der Waals surface area contributed by atoms with Crippen molar-refractivity contribution in [3.63, 3.8) is 0 Å². The first-order valence-electron chi connectivity index (χ1n) is 6.02. The zero-order chi connectivity index (χ0) is 13.0. The first kappa shape index (κ1) is 12.7. The van der Waals surface area contributed by atoms with Crippen LogP contribution in [0.5, 0.6) is 0 Å². The van der Waals surface area contributed by atoms with E-state index in [1.807, 2.05) is 49.5 Å². The highest BCUT2D eigenvalue weighted by Gasteiger charge is 2.04. The molecule has 1 aromatic heterocycles. The van der Waals surface area contributed by atoms with Crippen molar-refractivity contribution in [2.75, 3.05) is 6.67 Å². The maximum absolute atomic E-state index is 12.3. The number of benzene rings is 1. The molecule has 0 saturated heterocycles. The Balaban J connectivity index is 2.14.